The van der Waals surface area contributed by atoms with Gasteiger partial charge in [-0.25, -0.2) is 0 Å². The van der Waals surface area contributed by atoms with E-state index in [0.29, 0.717) is 23.2 Å². The zero-order chi connectivity index (χ0) is 16.5. The third kappa shape index (κ3) is 2.71. The van der Waals surface area contributed by atoms with Crippen LogP contribution in [-0.2, 0) is 11.2 Å². The van der Waals surface area contributed by atoms with E-state index in [1.165, 1.54) is 0 Å². The van der Waals surface area contributed by atoms with Crippen LogP contribution in [0.15, 0.2) is 47.2 Å². The third-order valence-corrected chi connectivity index (χ3v) is 3.67. The second-order valence-corrected chi connectivity index (χ2v) is 5.56. The summed E-state index contributed by atoms with van der Waals surface area (Å²) in [4.78, 5) is 20.6. The number of rotatable bonds is 3. The van der Waals surface area contributed by atoms with Crippen molar-refractivity contribution in [1.82, 2.24) is 15.1 Å². The Morgan fingerprint density at radius 3 is 3.00 bits per heavy atom. The normalized spacial score (nSPS) is 16.2. The number of pyridine rings is 1. The molecule has 0 fully saturated rings. The zero-order valence-electron chi connectivity index (χ0n) is 12.9. The molecule has 2 aromatic heterocycles. The fourth-order valence-corrected chi connectivity index (χ4v) is 2.52. The van der Waals surface area contributed by atoms with Crippen LogP contribution >= 0.6 is 0 Å². The number of fused-ring (bicyclic) bond motifs is 1. The van der Waals surface area contributed by atoms with E-state index >= 15 is 0 Å². The lowest BCUT2D eigenvalue weighted by Gasteiger charge is -2.24. The van der Waals surface area contributed by atoms with Gasteiger partial charge in [0.15, 0.2) is 6.10 Å². The van der Waals surface area contributed by atoms with Gasteiger partial charge in [-0.1, -0.05) is 17.3 Å². The quantitative estimate of drug-likeness (QED) is 0.796. The number of nitrogens with one attached hydrogen (secondary N) is 1. The Balaban J connectivity index is 1.53. The van der Waals surface area contributed by atoms with Crippen LogP contribution in [0.4, 0.5) is 5.69 Å². The molecule has 4 rings (SSSR count). The predicted molar refractivity (Wildman–Crippen MR) is 85.5 cm³/mol. The second kappa shape index (κ2) is 5.77. The minimum Gasteiger partial charge on any atom is -0.478 e. The summed E-state index contributed by atoms with van der Waals surface area (Å²) in [5.41, 5.74) is 2.44. The average molecular weight is 322 g/mol. The van der Waals surface area contributed by atoms with E-state index < -0.39 is 6.10 Å². The number of hydrogen-bond donors (Lipinski definition) is 1. The first-order chi connectivity index (χ1) is 11.7. The lowest BCUT2D eigenvalue weighted by molar-refractivity contribution is -0.123. The van der Waals surface area contributed by atoms with Gasteiger partial charge in [0.1, 0.15) is 5.75 Å². The van der Waals surface area contributed by atoms with Gasteiger partial charge in [0.25, 0.3) is 5.91 Å². The van der Waals surface area contributed by atoms with E-state index in [9.17, 15) is 4.79 Å². The van der Waals surface area contributed by atoms with E-state index in [4.69, 9.17) is 9.26 Å². The molecule has 24 heavy (non-hydrogen) atoms. The third-order valence-electron chi connectivity index (χ3n) is 3.67. The lowest BCUT2D eigenvalue weighted by Crippen LogP contribution is -2.38. The van der Waals surface area contributed by atoms with Crippen LogP contribution in [0.3, 0.4) is 0 Å². The summed E-state index contributed by atoms with van der Waals surface area (Å²) in [5.74, 6) is 1.18. The van der Waals surface area contributed by atoms with Crippen molar-refractivity contribution < 1.29 is 14.1 Å². The van der Waals surface area contributed by atoms with E-state index in [1.54, 1.807) is 24.5 Å². The van der Waals surface area contributed by atoms with Gasteiger partial charge in [-0.15, -0.1) is 0 Å². The largest absolute Gasteiger partial charge is 0.478 e. The number of ether oxygens (including phenoxy) is 1. The van der Waals surface area contributed by atoms with Crippen molar-refractivity contribution in [3.05, 3.63) is 54.2 Å². The number of carbonyl (C=O) groups excluding carboxylic acids is 1. The van der Waals surface area contributed by atoms with Gasteiger partial charge in [0.2, 0.25) is 11.7 Å². The first kappa shape index (κ1) is 14.4. The molecule has 1 aromatic carbocycles. The first-order valence-corrected chi connectivity index (χ1v) is 7.50. The average Bonchev–Trinajstić information content (AvgIpc) is 3.04. The topological polar surface area (TPSA) is 90.1 Å². The number of nitrogens with zero attached hydrogens (tertiary/aromatic N) is 3. The van der Waals surface area contributed by atoms with Crippen LogP contribution in [0, 0.1) is 6.92 Å². The van der Waals surface area contributed by atoms with Crippen molar-refractivity contribution >= 4 is 11.6 Å². The molecule has 1 aliphatic rings. The Bertz CT molecular complexity index is 906. The van der Waals surface area contributed by atoms with E-state index in [-0.39, 0.29) is 12.3 Å². The minimum atomic E-state index is -0.705. The van der Waals surface area contributed by atoms with Gasteiger partial charge in [0.05, 0.1) is 12.1 Å². The Hall–Kier alpha value is -3.22. The van der Waals surface area contributed by atoms with E-state index in [1.807, 2.05) is 25.1 Å². The predicted octanol–water partition coefficient (Wildman–Crippen LogP) is 2.38. The molecule has 7 nitrogen and oxygen atoms in total. The molecule has 1 amide bonds. The summed E-state index contributed by atoms with van der Waals surface area (Å²) in [6, 6.07) is 9.20. The summed E-state index contributed by atoms with van der Waals surface area (Å²) in [5, 5.41) is 6.76. The molecule has 0 saturated carbocycles. The van der Waals surface area contributed by atoms with Crippen molar-refractivity contribution in [2.75, 3.05) is 5.32 Å². The standard InChI is InChI=1S/C17H14N4O3/c1-10-6-11(9-18-8-10)16-20-15(24-21-16)7-14-17(22)19-12-4-2-3-5-13(12)23-14/h2-6,8-9,14H,7H2,1H3,(H,19,22). The molecule has 3 aromatic rings. The lowest BCUT2D eigenvalue weighted by atomic mass is 10.1. The molecule has 3 heterocycles. The van der Waals surface area contributed by atoms with Crippen LogP contribution in [0.2, 0.25) is 0 Å². The van der Waals surface area contributed by atoms with Gasteiger partial charge >= 0.3 is 0 Å². The van der Waals surface area contributed by atoms with Crippen molar-refractivity contribution in [2.45, 2.75) is 19.4 Å². The molecule has 1 N–H and O–H groups in total. The maximum Gasteiger partial charge on any atom is 0.266 e. The van der Waals surface area contributed by atoms with Gasteiger partial charge in [-0.2, -0.15) is 4.98 Å². The monoisotopic (exact) mass is 322 g/mol. The molecule has 1 aliphatic heterocycles. The van der Waals surface area contributed by atoms with Crippen molar-refractivity contribution in [3.8, 4) is 17.1 Å². The molecule has 0 saturated heterocycles. The van der Waals surface area contributed by atoms with Gasteiger partial charge in [0, 0.05) is 18.0 Å². The number of amides is 1. The van der Waals surface area contributed by atoms with E-state index in [0.717, 1.165) is 11.1 Å². The molecule has 0 spiro atoms. The number of hydrogen-bond acceptors (Lipinski definition) is 6. The number of benzene rings is 1. The highest BCUT2D eigenvalue weighted by Gasteiger charge is 2.29. The molecule has 0 bridgehead atoms. The minimum absolute atomic E-state index is 0.201. The summed E-state index contributed by atoms with van der Waals surface area (Å²) < 4.78 is 11.0. The van der Waals surface area contributed by atoms with Gasteiger partial charge in [-0.05, 0) is 30.7 Å². The van der Waals surface area contributed by atoms with Gasteiger partial charge < -0.3 is 14.6 Å². The highest BCUT2D eigenvalue weighted by molar-refractivity contribution is 5.97. The van der Waals surface area contributed by atoms with Crippen LogP contribution < -0.4 is 10.1 Å². The molecule has 7 heteroatoms. The number of aromatic nitrogens is 3. The fraction of sp³-hybridized carbons (Fsp3) is 0.176. The van der Waals surface area contributed by atoms with Crippen molar-refractivity contribution in [3.63, 3.8) is 0 Å². The Morgan fingerprint density at radius 1 is 1.25 bits per heavy atom. The van der Waals surface area contributed by atoms with Crippen LogP contribution in [0.5, 0.6) is 5.75 Å². The Kier molecular flexibility index (Phi) is 3.45. The Labute approximate surface area is 137 Å². The fourth-order valence-electron chi connectivity index (χ4n) is 2.52. The molecule has 1 unspecified atom stereocenters. The highest BCUT2D eigenvalue weighted by atomic mass is 16.5. The van der Waals surface area contributed by atoms with E-state index in [2.05, 4.69) is 20.4 Å². The summed E-state index contributed by atoms with van der Waals surface area (Å²) in [6.45, 7) is 1.94. The number of aryl methyl sites for hydroxylation is 1. The maximum atomic E-state index is 12.1. The molecular weight excluding hydrogens is 308 g/mol. The van der Waals surface area contributed by atoms with Crippen LogP contribution in [0.1, 0.15) is 11.5 Å². The highest BCUT2D eigenvalue weighted by Crippen LogP contribution is 2.29. The van der Waals surface area contributed by atoms with Crippen LogP contribution in [0.25, 0.3) is 11.4 Å². The number of carbonyl (C=O) groups is 1. The second-order valence-electron chi connectivity index (χ2n) is 5.56. The van der Waals surface area contributed by atoms with Crippen molar-refractivity contribution in [2.24, 2.45) is 0 Å². The van der Waals surface area contributed by atoms with Crippen LogP contribution in [-0.4, -0.2) is 27.1 Å². The SMILES string of the molecule is Cc1cncc(-c2noc(CC3Oc4ccccc4NC3=O)n2)c1. The summed E-state index contributed by atoms with van der Waals surface area (Å²) in [6.07, 6.45) is 2.92. The number of para-hydroxylation sites is 2. The summed E-state index contributed by atoms with van der Waals surface area (Å²) in [7, 11) is 0. The van der Waals surface area contributed by atoms with Crippen molar-refractivity contribution in [1.29, 1.82) is 0 Å². The zero-order valence-corrected chi connectivity index (χ0v) is 12.9. The smallest absolute Gasteiger partial charge is 0.266 e. The molecule has 0 aliphatic carbocycles. The molecule has 120 valence electrons. The van der Waals surface area contributed by atoms with Gasteiger partial charge in [-0.3, -0.25) is 9.78 Å². The molecule has 0 radical (unpaired) electrons. The maximum absolute atomic E-state index is 12.1. The Morgan fingerprint density at radius 2 is 2.12 bits per heavy atom. The molecule has 1 atom stereocenters. The molecular formula is C17H14N4O3. The first-order valence-electron chi connectivity index (χ1n) is 7.50. The number of anilines is 1. The summed E-state index contributed by atoms with van der Waals surface area (Å²) >= 11 is 0.